The van der Waals surface area contributed by atoms with Crippen LogP contribution in [0.1, 0.15) is 5.56 Å². The van der Waals surface area contributed by atoms with Crippen LogP contribution in [0.2, 0.25) is 0 Å². The molecule has 2 atom stereocenters. The van der Waals surface area contributed by atoms with E-state index in [-0.39, 0.29) is 23.6 Å². The molecule has 1 aromatic carbocycles. The van der Waals surface area contributed by atoms with Gasteiger partial charge in [-0.15, -0.1) is 0 Å². The molecule has 1 heterocycles. The second-order valence-corrected chi connectivity index (χ2v) is 4.42. The summed E-state index contributed by atoms with van der Waals surface area (Å²) in [5, 5.41) is 15.1. The number of likely N-dealkylation sites (N-methyl/N-ethyl adjacent to an activating group) is 1. The van der Waals surface area contributed by atoms with Crippen LogP contribution in [0, 0.1) is 5.92 Å². The lowest BCUT2D eigenvalue weighted by molar-refractivity contribution is -0.125. The molecule has 0 aromatic heterocycles. The fourth-order valence-electron chi connectivity index (χ4n) is 2.03. The Morgan fingerprint density at radius 3 is 2.78 bits per heavy atom. The summed E-state index contributed by atoms with van der Waals surface area (Å²) in [7, 11) is 1.83. The Morgan fingerprint density at radius 1 is 1.39 bits per heavy atom. The number of nitrogens with one attached hydrogen (secondary N) is 2. The Kier molecular flexibility index (Phi) is 4.17. The summed E-state index contributed by atoms with van der Waals surface area (Å²) in [4.78, 5) is 12.0. The van der Waals surface area contributed by atoms with Crippen LogP contribution in [0.5, 0.6) is 5.75 Å². The van der Waals surface area contributed by atoms with Crippen molar-refractivity contribution in [3.63, 3.8) is 0 Å². The van der Waals surface area contributed by atoms with E-state index < -0.39 is 0 Å². The van der Waals surface area contributed by atoms with E-state index in [4.69, 9.17) is 9.84 Å². The highest BCUT2D eigenvalue weighted by atomic mass is 16.5. The van der Waals surface area contributed by atoms with Gasteiger partial charge in [-0.3, -0.25) is 4.79 Å². The number of phenolic OH excluding ortho intramolecular Hbond substituents is 1. The number of aromatic hydroxyl groups is 1. The average Bonchev–Trinajstić information content (AvgIpc) is 2.86. The van der Waals surface area contributed by atoms with Gasteiger partial charge in [-0.2, -0.15) is 0 Å². The molecule has 2 unspecified atom stereocenters. The van der Waals surface area contributed by atoms with Gasteiger partial charge < -0.3 is 20.5 Å². The molecule has 5 nitrogen and oxygen atoms in total. The molecule has 1 saturated heterocycles. The number of rotatable bonds is 4. The highest BCUT2D eigenvalue weighted by Crippen LogP contribution is 2.14. The number of phenols is 1. The lowest BCUT2D eigenvalue weighted by Gasteiger charge is -2.16. The Morgan fingerprint density at radius 2 is 2.11 bits per heavy atom. The van der Waals surface area contributed by atoms with Crippen molar-refractivity contribution in [1.82, 2.24) is 10.6 Å². The number of carbonyl (C=O) groups is 1. The van der Waals surface area contributed by atoms with Crippen molar-refractivity contribution in [2.75, 3.05) is 20.3 Å². The van der Waals surface area contributed by atoms with Crippen molar-refractivity contribution in [2.45, 2.75) is 12.6 Å². The van der Waals surface area contributed by atoms with E-state index in [1.807, 2.05) is 7.05 Å². The van der Waals surface area contributed by atoms with Crippen molar-refractivity contribution in [3.8, 4) is 5.75 Å². The van der Waals surface area contributed by atoms with Crippen molar-refractivity contribution in [1.29, 1.82) is 0 Å². The highest BCUT2D eigenvalue weighted by molar-refractivity contribution is 5.79. The van der Waals surface area contributed by atoms with Crippen molar-refractivity contribution in [2.24, 2.45) is 5.92 Å². The van der Waals surface area contributed by atoms with Gasteiger partial charge in [0, 0.05) is 12.6 Å². The third-order valence-electron chi connectivity index (χ3n) is 3.19. The van der Waals surface area contributed by atoms with Crippen LogP contribution in [0.4, 0.5) is 0 Å². The van der Waals surface area contributed by atoms with E-state index in [2.05, 4.69) is 10.6 Å². The summed E-state index contributed by atoms with van der Waals surface area (Å²) in [6, 6.07) is 6.88. The maximum atomic E-state index is 12.0. The Balaban J connectivity index is 1.86. The van der Waals surface area contributed by atoms with Crippen LogP contribution in [0.25, 0.3) is 0 Å². The van der Waals surface area contributed by atoms with Crippen LogP contribution in [-0.4, -0.2) is 37.3 Å². The van der Waals surface area contributed by atoms with E-state index >= 15 is 0 Å². The summed E-state index contributed by atoms with van der Waals surface area (Å²) in [6.45, 7) is 1.51. The standard InChI is InChI=1S/C13H18N2O3/c1-14-12-8-18-7-11(12)13(17)15-6-9-2-4-10(16)5-3-9/h2-5,11-12,14,16H,6-8H2,1H3,(H,15,17). The molecular weight excluding hydrogens is 232 g/mol. The van der Waals surface area contributed by atoms with Crippen LogP contribution in [0.15, 0.2) is 24.3 Å². The quantitative estimate of drug-likeness (QED) is 0.716. The minimum atomic E-state index is -0.132. The number of ether oxygens (including phenoxy) is 1. The Hall–Kier alpha value is -1.59. The van der Waals surface area contributed by atoms with Crippen LogP contribution in [-0.2, 0) is 16.1 Å². The molecule has 5 heteroatoms. The zero-order chi connectivity index (χ0) is 13.0. The molecule has 3 N–H and O–H groups in total. The topological polar surface area (TPSA) is 70.6 Å². The van der Waals surface area contributed by atoms with Gasteiger partial charge in [-0.05, 0) is 24.7 Å². The lowest BCUT2D eigenvalue weighted by Crippen LogP contribution is -2.42. The largest absolute Gasteiger partial charge is 0.508 e. The molecule has 0 aliphatic carbocycles. The third kappa shape index (κ3) is 3.00. The fourth-order valence-corrected chi connectivity index (χ4v) is 2.03. The molecular formula is C13H18N2O3. The summed E-state index contributed by atoms with van der Waals surface area (Å²) in [5.41, 5.74) is 0.959. The smallest absolute Gasteiger partial charge is 0.227 e. The maximum absolute atomic E-state index is 12.0. The highest BCUT2D eigenvalue weighted by Gasteiger charge is 2.32. The minimum absolute atomic E-state index is 0.0000694. The van der Waals surface area contributed by atoms with Gasteiger partial charge in [0.25, 0.3) is 0 Å². The van der Waals surface area contributed by atoms with Crippen molar-refractivity contribution >= 4 is 5.91 Å². The van der Waals surface area contributed by atoms with Crippen molar-refractivity contribution in [3.05, 3.63) is 29.8 Å². The number of amides is 1. The predicted molar refractivity (Wildman–Crippen MR) is 67.1 cm³/mol. The number of hydrogen-bond donors (Lipinski definition) is 3. The monoisotopic (exact) mass is 250 g/mol. The first kappa shape index (κ1) is 12.9. The zero-order valence-corrected chi connectivity index (χ0v) is 10.3. The van der Waals surface area contributed by atoms with Crippen LogP contribution >= 0.6 is 0 Å². The minimum Gasteiger partial charge on any atom is -0.508 e. The van der Waals surface area contributed by atoms with E-state index in [1.54, 1.807) is 24.3 Å². The van der Waals surface area contributed by atoms with Crippen LogP contribution < -0.4 is 10.6 Å². The van der Waals surface area contributed by atoms with Gasteiger partial charge in [0.05, 0.1) is 19.1 Å². The van der Waals surface area contributed by atoms with E-state index in [9.17, 15) is 4.79 Å². The van der Waals surface area contributed by atoms with Gasteiger partial charge in [-0.1, -0.05) is 12.1 Å². The molecule has 98 valence electrons. The zero-order valence-electron chi connectivity index (χ0n) is 10.3. The van der Waals surface area contributed by atoms with Gasteiger partial charge >= 0.3 is 0 Å². The first-order chi connectivity index (χ1) is 8.70. The van der Waals surface area contributed by atoms with Gasteiger partial charge in [0.2, 0.25) is 5.91 Å². The summed E-state index contributed by atoms with van der Waals surface area (Å²) in [5.74, 6) is 0.0940. The molecule has 1 aliphatic heterocycles. The van der Waals surface area contributed by atoms with Gasteiger partial charge in [0.15, 0.2) is 0 Å². The number of hydrogen-bond acceptors (Lipinski definition) is 4. The molecule has 2 rings (SSSR count). The van der Waals surface area contributed by atoms with Gasteiger partial charge in [0.1, 0.15) is 5.75 Å². The third-order valence-corrected chi connectivity index (χ3v) is 3.19. The van der Waals surface area contributed by atoms with Gasteiger partial charge in [-0.25, -0.2) is 0 Å². The predicted octanol–water partition coefficient (Wildman–Crippen LogP) is 0.243. The molecule has 1 aliphatic rings. The SMILES string of the molecule is CNC1COCC1C(=O)NCc1ccc(O)cc1. The summed E-state index contributed by atoms with van der Waals surface area (Å²) < 4.78 is 5.29. The number of carbonyl (C=O) groups excluding carboxylic acids is 1. The normalized spacial score (nSPS) is 22.9. The molecule has 0 spiro atoms. The maximum Gasteiger partial charge on any atom is 0.227 e. The summed E-state index contributed by atoms with van der Waals surface area (Å²) >= 11 is 0. The molecule has 0 saturated carbocycles. The lowest BCUT2D eigenvalue weighted by atomic mass is 10.0. The average molecular weight is 250 g/mol. The number of benzene rings is 1. The molecule has 1 aromatic rings. The molecule has 1 amide bonds. The molecule has 0 radical (unpaired) electrons. The first-order valence-electron chi connectivity index (χ1n) is 6.01. The first-order valence-corrected chi connectivity index (χ1v) is 6.01. The second kappa shape index (κ2) is 5.84. The second-order valence-electron chi connectivity index (χ2n) is 4.42. The Labute approximate surface area is 106 Å². The van der Waals surface area contributed by atoms with E-state index in [0.29, 0.717) is 19.8 Å². The Bertz CT molecular complexity index is 405. The summed E-state index contributed by atoms with van der Waals surface area (Å²) in [6.07, 6.45) is 0. The van der Waals surface area contributed by atoms with E-state index in [0.717, 1.165) is 5.56 Å². The van der Waals surface area contributed by atoms with E-state index in [1.165, 1.54) is 0 Å². The van der Waals surface area contributed by atoms with Crippen molar-refractivity contribution < 1.29 is 14.6 Å². The molecule has 0 bridgehead atoms. The fraction of sp³-hybridized carbons (Fsp3) is 0.462. The molecule has 1 fully saturated rings. The molecule has 18 heavy (non-hydrogen) atoms. The van der Waals surface area contributed by atoms with Crippen LogP contribution in [0.3, 0.4) is 0 Å².